The fourth-order valence-electron chi connectivity index (χ4n) is 1.54. The molecule has 0 spiro atoms. The zero-order chi connectivity index (χ0) is 10.3. The van der Waals surface area contributed by atoms with E-state index in [0.717, 1.165) is 0 Å². The van der Waals surface area contributed by atoms with Gasteiger partial charge in [-0.15, -0.1) is 0 Å². The van der Waals surface area contributed by atoms with Gasteiger partial charge in [0.2, 0.25) is 0 Å². The van der Waals surface area contributed by atoms with Crippen LogP contribution in [0, 0.1) is 5.82 Å². The van der Waals surface area contributed by atoms with E-state index in [1.165, 1.54) is 12.1 Å². The third-order valence-electron chi connectivity index (χ3n) is 2.18. The lowest BCUT2D eigenvalue weighted by Gasteiger charge is -2.05. The first-order valence-corrected chi connectivity index (χ1v) is 4.84. The predicted molar refractivity (Wildman–Crippen MR) is 52.9 cm³/mol. The van der Waals surface area contributed by atoms with Gasteiger partial charge < -0.3 is 10.4 Å². The number of aliphatic carboxylic acids is 1. The van der Waals surface area contributed by atoms with E-state index in [1.807, 2.05) is 0 Å². The number of carbonyl (C=O) groups is 1. The summed E-state index contributed by atoms with van der Waals surface area (Å²) in [5, 5.41) is 11.6. The summed E-state index contributed by atoms with van der Waals surface area (Å²) in [7, 11) is 0. The predicted octanol–water partition coefficient (Wildman–Crippen LogP) is 2.01. The maximum absolute atomic E-state index is 12.9. The van der Waals surface area contributed by atoms with Crippen molar-refractivity contribution in [3.05, 3.63) is 28.0 Å². The Hall–Kier alpha value is -1.10. The van der Waals surface area contributed by atoms with Gasteiger partial charge in [-0.1, -0.05) is 0 Å². The number of hydrogen-bond donors (Lipinski definition) is 2. The first kappa shape index (κ1) is 9.45. The Bertz CT molecular complexity index is 408. The van der Waals surface area contributed by atoms with E-state index in [2.05, 4.69) is 21.2 Å². The molecule has 0 aromatic heterocycles. The summed E-state index contributed by atoms with van der Waals surface area (Å²) >= 11 is 3.18. The van der Waals surface area contributed by atoms with E-state index in [1.54, 1.807) is 0 Å². The summed E-state index contributed by atoms with van der Waals surface area (Å²) in [4.78, 5) is 10.7. The number of carboxylic acid groups (broad SMARTS) is 1. The Balaban J connectivity index is 2.39. The van der Waals surface area contributed by atoms with Crippen molar-refractivity contribution < 1.29 is 14.3 Å². The summed E-state index contributed by atoms with van der Waals surface area (Å²) in [6, 6.07) is 2.02. The van der Waals surface area contributed by atoms with Crippen LogP contribution in [-0.4, -0.2) is 17.1 Å². The molecule has 1 heterocycles. The van der Waals surface area contributed by atoms with Crippen molar-refractivity contribution >= 4 is 27.6 Å². The average molecular weight is 260 g/mol. The topological polar surface area (TPSA) is 49.3 Å². The van der Waals surface area contributed by atoms with E-state index in [4.69, 9.17) is 5.11 Å². The molecule has 2 rings (SSSR count). The van der Waals surface area contributed by atoms with E-state index in [-0.39, 0.29) is 5.82 Å². The van der Waals surface area contributed by atoms with E-state index < -0.39 is 12.0 Å². The lowest BCUT2D eigenvalue weighted by Crippen LogP contribution is -2.26. The van der Waals surface area contributed by atoms with Crippen molar-refractivity contribution in [2.45, 2.75) is 12.5 Å². The first-order valence-electron chi connectivity index (χ1n) is 4.05. The highest BCUT2D eigenvalue weighted by Gasteiger charge is 2.28. The maximum atomic E-state index is 12.9. The Morgan fingerprint density at radius 3 is 3.00 bits per heavy atom. The highest BCUT2D eigenvalue weighted by Crippen LogP contribution is 2.34. The number of halogens is 2. The number of nitrogens with one attached hydrogen (secondary N) is 1. The summed E-state index contributed by atoms with van der Waals surface area (Å²) in [5.41, 5.74) is 1.38. The fourth-order valence-corrected chi connectivity index (χ4v) is 2.13. The number of carboxylic acids is 1. The van der Waals surface area contributed by atoms with Crippen LogP contribution >= 0.6 is 15.9 Å². The van der Waals surface area contributed by atoms with Gasteiger partial charge >= 0.3 is 5.97 Å². The summed E-state index contributed by atoms with van der Waals surface area (Å²) in [6.45, 7) is 0. The van der Waals surface area contributed by atoms with Gasteiger partial charge in [-0.05, 0) is 33.6 Å². The van der Waals surface area contributed by atoms with E-state index in [0.29, 0.717) is 22.1 Å². The van der Waals surface area contributed by atoms with Crippen LogP contribution in [-0.2, 0) is 11.2 Å². The standard InChI is InChI=1S/C9H7BrFNO2/c10-6-3-5(11)1-4-2-7(9(13)14)12-8(4)6/h1,3,7,12H,2H2,(H,13,14). The molecule has 0 aliphatic carbocycles. The summed E-state index contributed by atoms with van der Waals surface area (Å²) in [5.74, 6) is -1.28. The Kier molecular flexibility index (Phi) is 2.19. The molecule has 1 atom stereocenters. The van der Waals surface area contributed by atoms with Gasteiger partial charge in [0.25, 0.3) is 0 Å². The molecule has 1 unspecified atom stereocenters. The zero-order valence-electron chi connectivity index (χ0n) is 7.05. The van der Waals surface area contributed by atoms with Crippen molar-refractivity contribution in [2.75, 3.05) is 5.32 Å². The van der Waals surface area contributed by atoms with Crippen LogP contribution in [0.25, 0.3) is 0 Å². The monoisotopic (exact) mass is 259 g/mol. The van der Waals surface area contributed by atoms with Gasteiger partial charge in [0, 0.05) is 10.9 Å². The average Bonchev–Trinajstić information content (AvgIpc) is 2.47. The summed E-state index contributed by atoms with van der Waals surface area (Å²) < 4.78 is 13.5. The molecule has 0 fully saturated rings. The van der Waals surface area contributed by atoms with Crippen molar-refractivity contribution in [1.29, 1.82) is 0 Å². The van der Waals surface area contributed by atoms with Crippen molar-refractivity contribution in [1.82, 2.24) is 0 Å². The molecule has 0 radical (unpaired) electrons. The van der Waals surface area contributed by atoms with Crippen LogP contribution in [0.5, 0.6) is 0 Å². The third-order valence-corrected chi connectivity index (χ3v) is 2.80. The summed E-state index contributed by atoms with van der Waals surface area (Å²) in [6.07, 6.45) is 0.320. The quantitative estimate of drug-likeness (QED) is 0.812. The molecule has 0 amide bonds. The molecule has 2 N–H and O–H groups in total. The van der Waals surface area contributed by atoms with Gasteiger partial charge in [0.05, 0.1) is 5.69 Å². The van der Waals surface area contributed by atoms with Gasteiger partial charge in [-0.3, -0.25) is 0 Å². The minimum Gasteiger partial charge on any atom is -0.480 e. The zero-order valence-corrected chi connectivity index (χ0v) is 8.64. The van der Waals surface area contributed by atoms with Gasteiger partial charge in [-0.25, -0.2) is 9.18 Å². The van der Waals surface area contributed by atoms with Crippen LogP contribution < -0.4 is 5.32 Å². The van der Waals surface area contributed by atoms with Crippen LogP contribution in [0.4, 0.5) is 10.1 Å². The number of anilines is 1. The second-order valence-corrected chi connectivity index (χ2v) is 4.02. The number of benzene rings is 1. The minimum atomic E-state index is -0.923. The maximum Gasteiger partial charge on any atom is 0.326 e. The lowest BCUT2D eigenvalue weighted by molar-refractivity contribution is -0.137. The normalized spacial score (nSPS) is 18.9. The molecule has 1 aromatic rings. The van der Waals surface area contributed by atoms with Crippen molar-refractivity contribution in [3.63, 3.8) is 0 Å². The van der Waals surface area contributed by atoms with Crippen LogP contribution in [0.3, 0.4) is 0 Å². The van der Waals surface area contributed by atoms with Crippen LogP contribution in [0.1, 0.15) is 5.56 Å². The van der Waals surface area contributed by atoms with E-state index >= 15 is 0 Å². The highest BCUT2D eigenvalue weighted by atomic mass is 79.9. The lowest BCUT2D eigenvalue weighted by atomic mass is 10.1. The van der Waals surface area contributed by atoms with Gasteiger partial charge in [-0.2, -0.15) is 0 Å². The molecular weight excluding hydrogens is 253 g/mol. The molecule has 3 nitrogen and oxygen atoms in total. The number of hydrogen-bond acceptors (Lipinski definition) is 2. The van der Waals surface area contributed by atoms with Crippen LogP contribution in [0.15, 0.2) is 16.6 Å². The Morgan fingerprint density at radius 2 is 2.36 bits per heavy atom. The number of fused-ring (bicyclic) bond motifs is 1. The molecule has 0 bridgehead atoms. The Morgan fingerprint density at radius 1 is 1.64 bits per heavy atom. The van der Waals surface area contributed by atoms with Crippen LogP contribution in [0.2, 0.25) is 0 Å². The second-order valence-electron chi connectivity index (χ2n) is 3.16. The molecule has 0 saturated heterocycles. The molecule has 5 heteroatoms. The minimum absolute atomic E-state index is 0.320. The third kappa shape index (κ3) is 1.48. The largest absolute Gasteiger partial charge is 0.480 e. The molecule has 1 aliphatic heterocycles. The molecule has 1 aliphatic rings. The first-order chi connectivity index (χ1) is 6.58. The van der Waals surface area contributed by atoms with E-state index in [9.17, 15) is 9.18 Å². The molecule has 1 aromatic carbocycles. The van der Waals surface area contributed by atoms with Crippen molar-refractivity contribution in [3.8, 4) is 0 Å². The van der Waals surface area contributed by atoms with Gasteiger partial charge in [0.1, 0.15) is 11.9 Å². The smallest absolute Gasteiger partial charge is 0.326 e. The van der Waals surface area contributed by atoms with Gasteiger partial charge in [0.15, 0.2) is 0 Å². The fraction of sp³-hybridized carbons (Fsp3) is 0.222. The second kappa shape index (κ2) is 3.24. The molecule has 74 valence electrons. The molecule has 14 heavy (non-hydrogen) atoms. The molecule has 0 saturated carbocycles. The number of rotatable bonds is 1. The highest BCUT2D eigenvalue weighted by molar-refractivity contribution is 9.10. The SMILES string of the molecule is O=C(O)C1Cc2cc(F)cc(Br)c2N1. The van der Waals surface area contributed by atoms with Crippen molar-refractivity contribution in [2.24, 2.45) is 0 Å². The molecular formula is C9H7BrFNO2. The Labute approximate surface area is 88.1 Å².